The van der Waals surface area contributed by atoms with Gasteiger partial charge in [0.05, 0.1) is 17.4 Å². The Bertz CT molecular complexity index is 1870. The molecular weight excluding hydrogens is 488 g/mol. The summed E-state index contributed by atoms with van der Waals surface area (Å²) in [4.78, 5) is 9.83. The number of aromatic nitrogens is 1. The molecule has 0 spiro atoms. The predicted molar refractivity (Wildman–Crippen MR) is 168 cm³/mol. The second-order valence-electron chi connectivity index (χ2n) is 10.3. The van der Waals surface area contributed by atoms with Gasteiger partial charge in [-0.1, -0.05) is 114 Å². The van der Waals surface area contributed by atoms with Gasteiger partial charge in [-0.05, 0) is 60.7 Å². The number of benzene rings is 5. The fraction of sp³-hybridized carbons (Fsp3) is 0.0811. The Labute approximate surface area is 235 Å². The van der Waals surface area contributed by atoms with E-state index in [1.165, 1.54) is 22.3 Å². The van der Waals surface area contributed by atoms with E-state index in [-0.39, 0.29) is 5.75 Å². The van der Waals surface area contributed by atoms with E-state index in [1.807, 2.05) is 48.5 Å². The highest BCUT2D eigenvalue weighted by Crippen LogP contribution is 2.38. The summed E-state index contributed by atoms with van der Waals surface area (Å²) in [6, 6.07) is 39.1. The molecule has 0 bridgehead atoms. The van der Waals surface area contributed by atoms with Gasteiger partial charge < -0.3 is 5.11 Å². The van der Waals surface area contributed by atoms with Crippen molar-refractivity contribution < 1.29 is 5.11 Å². The van der Waals surface area contributed by atoms with Gasteiger partial charge in [-0.15, -0.1) is 0 Å². The van der Waals surface area contributed by atoms with Gasteiger partial charge in [0.25, 0.3) is 0 Å². The van der Waals surface area contributed by atoms with Crippen LogP contribution in [0.2, 0.25) is 0 Å². The largest absolute Gasteiger partial charge is 0.505 e. The number of hydrogen-bond acceptors (Lipinski definition) is 3. The van der Waals surface area contributed by atoms with Crippen LogP contribution in [0.15, 0.2) is 120 Å². The summed E-state index contributed by atoms with van der Waals surface area (Å²) >= 11 is 0. The fourth-order valence-corrected chi connectivity index (χ4v) is 5.17. The Morgan fingerprint density at radius 2 is 1.30 bits per heavy atom. The topological polar surface area (TPSA) is 45.5 Å². The van der Waals surface area contributed by atoms with Crippen molar-refractivity contribution in [3.8, 4) is 39.1 Å². The molecule has 1 N–H and O–H groups in total. The van der Waals surface area contributed by atoms with E-state index >= 15 is 0 Å². The number of phenols is 1. The van der Waals surface area contributed by atoms with Gasteiger partial charge in [0.1, 0.15) is 11.4 Å². The van der Waals surface area contributed by atoms with Gasteiger partial charge in [0.2, 0.25) is 0 Å². The first-order valence-corrected chi connectivity index (χ1v) is 13.5. The zero-order valence-corrected chi connectivity index (χ0v) is 22.9. The summed E-state index contributed by atoms with van der Waals surface area (Å²) in [7, 11) is 0. The number of fused-ring (bicyclic) bond motifs is 1. The van der Waals surface area contributed by atoms with Gasteiger partial charge in [0, 0.05) is 16.5 Å². The molecule has 0 radical (unpaired) electrons. The lowest BCUT2D eigenvalue weighted by molar-refractivity contribution is 0.479. The average Bonchev–Trinajstić information content (AvgIpc) is 2.98. The summed E-state index contributed by atoms with van der Waals surface area (Å²) in [6.07, 6.45) is 1.75. The van der Waals surface area contributed by atoms with Gasteiger partial charge in [-0.25, -0.2) is 4.98 Å². The number of phenolic OH excluding ortho intramolecular Hbond substituents is 1. The van der Waals surface area contributed by atoms with Gasteiger partial charge in [-0.3, -0.25) is 4.99 Å². The number of aliphatic imine (C=N–C) groups is 1. The summed E-state index contributed by atoms with van der Waals surface area (Å²) in [6.45, 7) is 6.36. The Hall–Kier alpha value is -5.02. The first-order chi connectivity index (χ1) is 19.5. The second kappa shape index (κ2) is 10.6. The first-order valence-electron chi connectivity index (χ1n) is 13.5. The minimum Gasteiger partial charge on any atom is -0.505 e. The average molecular weight is 519 g/mol. The van der Waals surface area contributed by atoms with Gasteiger partial charge in [0.15, 0.2) is 0 Å². The minimum atomic E-state index is 0.153. The van der Waals surface area contributed by atoms with Crippen molar-refractivity contribution in [3.05, 3.63) is 138 Å². The molecule has 0 atom stereocenters. The molecule has 0 saturated heterocycles. The van der Waals surface area contributed by atoms with Crippen LogP contribution in [0.4, 0.5) is 5.69 Å². The molecule has 0 aliphatic heterocycles. The molecule has 0 fully saturated rings. The van der Waals surface area contributed by atoms with Crippen molar-refractivity contribution in [2.45, 2.75) is 20.8 Å². The van der Waals surface area contributed by atoms with E-state index in [1.54, 1.807) is 6.21 Å². The van der Waals surface area contributed by atoms with Crippen molar-refractivity contribution in [2.24, 2.45) is 4.99 Å². The minimum absolute atomic E-state index is 0.153. The fourth-order valence-electron chi connectivity index (χ4n) is 5.17. The van der Waals surface area contributed by atoms with E-state index in [0.29, 0.717) is 5.69 Å². The van der Waals surface area contributed by atoms with E-state index in [4.69, 9.17) is 9.98 Å². The van der Waals surface area contributed by atoms with Crippen molar-refractivity contribution in [3.63, 3.8) is 0 Å². The van der Waals surface area contributed by atoms with Crippen LogP contribution in [0.3, 0.4) is 0 Å². The number of aromatic hydroxyl groups is 1. The second-order valence-corrected chi connectivity index (χ2v) is 10.3. The number of rotatable bonds is 5. The van der Waals surface area contributed by atoms with Crippen LogP contribution in [0, 0.1) is 20.8 Å². The standard InChI is InChI=1S/C37H30N2O/c1-24-16-19-28(20-17-24)34-22-29(23-38-35-14-8-11-30(37(35)40)27-9-5-4-6-10-27)39-36-31(12-7-13-32(34)36)33-21-25(2)15-18-26(33)3/h4-23,40H,1-3H3. The first kappa shape index (κ1) is 25.3. The summed E-state index contributed by atoms with van der Waals surface area (Å²) in [5.74, 6) is 0.153. The Morgan fingerprint density at radius 3 is 2.10 bits per heavy atom. The molecule has 3 heteroatoms. The molecule has 40 heavy (non-hydrogen) atoms. The van der Waals surface area contributed by atoms with Crippen LogP contribution in [0.1, 0.15) is 22.4 Å². The van der Waals surface area contributed by atoms with Crippen LogP contribution >= 0.6 is 0 Å². The smallest absolute Gasteiger partial charge is 0.148 e. The summed E-state index contributed by atoms with van der Waals surface area (Å²) < 4.78 is 0. The third-order valence-corrected chi connectivity index (χ3v) is 7.34. The highest BCUT2D eigenvalue weighted by Gasteiger charge is 2.14. The number of pyridine rings is 1. The van der Waals surface area contributed by atoms with E-state index in [9.17, 15) is 5.11 Å². The maximum Gasteiger partial charge on any atom is 0.148 e. The van der Waals surface area contributed by atoms with E-state index in [2.05, 4.69) is 87.5 Å². The zero-order valence-electron chi connectivity index (χ0n) is 22.9. The van der Waals surface area contributed by atoms with Crippen molar-refractivity contribution >= 4 is 22.8 Å². The van der Waals surface area contributed by atoms with Crippen LogP contribution < -0.4 is 0 Å². The summed E-state index contributed by atoms with van der Waals surface area (Å²) in [5.41, 5.74) is 12.0. The van der Waals surface area contributed by atoms with Gasteiger partial charge >= 0.3 is 0 Å². The van der Waals surface area contributed by atoms with Crippen LogP contribution in [-0.2, 0) is 0 Å². The van der Waals surface area contributed by atoms with Crippen LogP contribution in [0.25, 0.3) is 44.3 Å². The highest BCUT2D eigenvalue weighted by molar-refractivity contribution is 6.04. The molecule has 6 aromatic rings. The number of aryl methyl sites for hydroxylation is 3. The molecular formula is C37H30N2O. The van der Waals surface area contributed by atoms with Crippen molar-refractivity contribution in [1.29, 1.82) is 0 Å². The maximum absolute atomic E-state index is 11.1. The molecule has 3 nitrogen and oxygen atoms in total. The lowest BCUT2D eigenvalue weighted by atomic mass is 9.93. The molecule has 0 aliphatic carbocycles. The lowest BCUT2D eigenvalue weighted by Crippen LogP contribution is -1.96. The number of hydrogen-bond donors (Lipinski definition) is 1. The lowest BCUT2D eigenvalue weighted by Gasteiger charge is -2.14. The zero-order chi connectivity index (χ0) is 27.6. The third-order valence-electron chi connectivity index (χ3n) is 7.34. The SMILES string of the molecule is Cc1ccc(-c2cc(C=Nc3cccc(-c4ccccc4)c3O)nc3c(-c4cc(C)ccc4C)cccc23)cc1. The number of nitrogens with zero attached hydrogens (tertiary/aromatic N) is 2. The molecule has 194 valence electrons. The Morgan fingerprint density at radius 1 is 0.600 bits per heavy atom. The molecule has 0 saturated carbocycles. The normalized spacial score (nSPS) is 11.4. The molecule has 1 heterocycles. The number of para-hydroxylation sites is 2. The van der Waals surface area contributed by atoms with Gasteiger partial charge in [-0.2, -0.15) is 0 Å². The quantitative estimate of drug-likeness (QED) is 0.231. The Balaban J connectivity index is 1.53. The highest BCUT2D eigenvalue weighted by atomic mass is 16.3. The monoisotopic (exact) mass is 518 g/mol. The Kier molecular flexibility index (Phi) is 6.71. The molecule has 5 aromatic carbocycles. The molecule has 1 aromatic heterocycles. The molecule has 0 amide bonds. The maximum atomic E-state index is 11.1. The van der Waals surface area contributed by atoms with Crippen molar-refractivity contribution in [2.75, 3.05) is 0 Å². The van der Waals surface area contributed by atoms with E-state index in [0.717, 1.165) is 44.4 Å². The third kappa shape index (κ3) is 4.90. The van der Waals surface area contributed by atoms with E-state index < -0.39 is 0 Å². The molecule has 6 rings (SSSR count). The summed E-state index contributed by atoms with van der Waals surface area (Å²) in [5, 5.41) is 12.2. The van der Waals surface area contributed by atoms with Crippen LogP contribution in [0.5, 0.6) is 5.75 Å². The van der Waals surface area contributed by atoms with Crippen molar-refractivity contribution in [1.82, 2.24) is 4.98 Å². The molecule has 0 aliphatic rings. The molecule has 0 unspecified atom stereocenters. The van der Waals surface area contributed by atoms with Crippen LogP contribution in [-0.4, -0.2) is 16.3 Å². The predicted octanol–water partition coefficient (Wildman–Crippen LogP) is 9.62.